The van der Waals surface area contributed by atoms with E-state index in [0.29, 0.717) is 6.61 Å². The fraction of sp³-hybridized carbons (Fsp3) is 0.368. The smallest absolute Gasteiger partial charge is 0.121 e. The first-order chi connectivity index (χ1) is 9.77. The van der Waals surface area contributed by atoms with E-state index in [1.807, 2.05) is 0 Å². The first-order valence-corrected chi connectivity index (χ1v) is 11.1. The van der Waals surface area contributed by atoms with Gasteiger partial charge in [-0.2, -0.15) is 0 Å². The number of hydrogen-bond acceptors (Lipinski definition) is 1. The largest absolute Gasteiger partial charge is 0.489 e. The Morgan fingerprint density at radius 1 is 0.857 bits per heavy atom. The average molecular weight is 299 g/mol. The molecule has 0 radical (unpaired) electrons. The Hall–Kier alpha value is -1.54. The van der Waals surface area contributed by atoms with E-state index < -0.39 is 8.07 Å². The number of ether oxygens (including phenoxy) is 1. The Morgan fingerprint density at radius 2 is 1.48 bits per heavy atom. The molecule has 0 N–H and O–H groups in total. The zero-order valence-corrected chi connectivity index (χ0v) is 15.1. The maximum absolute atomic E-state index is 6.21. The minimum absolute atomic E-state index is 0.641. The summed E-state index contributed by atoms with van der Waals surface area (Å²) in [5.41, 5.74) is 5.09. The molecule has 0 aliphatic rings. The molecule has 0 spiro atoms. The molecular weight excluding hydrogens is 272 g/mol. The summed E-state index contributed by atoms with van der Waals surface area (Å²) in [6.45, 7) is 14.2. The summed E-state index contributed by atoms with van der Waals surface area (Å²) in [5, 5.41) is 1.42. The van der Waals surface area contributed by atoms with Crippen LogP contribution in [0.2, 0.25) is 19.6 Å². The molecule has 0 amide bonds. The molecule has 112 valence electrons. The van der Waals surface area contributed by atoms with Gasteiger partial charge in [-0.1, -0.05) is 67.2 Å². The van der Waals surface area contributed by atoms with E-state index in [4.69, 9.17) is 4.74 Å². The van der Waals surface area contributed by atoms with Gasteiger partial charge in [0.1, 0.15) is 12.4 Å². The number of aryl methyl sites for hydroxylation is 3. The van der Waals surface area contributed by atoms with Gasteiger partial charge in [0.05, 0.1) is 8.07 Å². The van der Waals surface area contributed by atoms with Crippen molar-refractivity contribution in [1.29, 1.82) is 0 Å². The zero-order chi connectivity index (χ0) is 15.6. The Morgan fingerprint density at radius 3 is 2.05 bits per heavy atom. The van der Waals surface area contributed by atoms with Gasteiger partial charge >= 0.3 is 0 Å². The van der Waals surface area contributed by atoms with Crippen LogP contribution in [0.15, 0.2) is 36.4 Å². The minimum atomic E-state index is -1.41. The van der Waals surface area contributed by atoms with Crippen LogP contribution in [0.5, 0.6) is 5.75 Å². The molecular formula is C19H26OSi. The molecule has 2 aromatic carbocycles. The molecule has 0 heterocycles. The number of benzene rings is 2. The molecule has 1 nitrogen and oxygen atoms in total. The lowest BCUT2D eigenvalue weighted by Crippen LogP contribution is -2.39. The van der Waals surface area contributed by atoms with E-state index in [1.54, 1.807) is 0 Å². The zero-order valence-electron chi connectivity index (χ0n) is 14.1. The second-order valence-corrected chi connectivity index (χ2v) is 12.0. The molecule has 0 atom stereocenters. The van der Waals surface area contributed by atoms with Gasteiger partial charge in [-0.25, -0.2) is 0 Å². The van der Waals surface area contributed by atoms with E-state index >= 15 is 0 Å². The minimum Gasteiger partial charge on any atom is -0.489 e. The molecule has 0 unspecified atom stereocenters. The second-order valence-electron chi connectivity index (χ2n) is 6.98. The molecule has 0 fully saturated rings. The first-order valence-electron chi connectivity index (χ1n) is 7.57. The SMILES string of the molecule is Cc1ccc(COc2c(C)cc(C)cc2[Si](C)(C)C)cc1. The molecule has 2 aromatic rings. The summed E-state index contributed by atoms with van der Waals surface area (Å²) in [6, 6.07) is 13.1. The lowest BCUT2D eigenvalue weighted by Gasteiger charge is -2.23. The van der Waals surface area contributed by atoms with Crippen LogP contribution in [0.25, 0.3) is 0 Å². The van der Waals surface area contributed by atoms with Crippen LogP contribution in [0, 0.1) is 20.8 Å². The molecule has 0 aliphatic heterocycles. The standard InChI is InChI=1S/C19H26OSi/c1-14-7-9-17(10-8-14)13-20-19-16(3)11-15(2)12-18(19)21(4,5)6/h7-12H,13H2,1-6H3. The van der Waals surface area contributed by atoms with Gasteiger partial charge < -0.3 is 4.74 Å². The van der Waals surface area contributed by atoms with Crippen molar-refractivity contribution in [2.45, 2.75) is 47.0 Å². The predicted molar refractivity (Wildman–Crippen MR) is 94.4 cm³/mol. The third-order valence-corrected chi connectivity index (χ3v) is 5.72. The fourth-order valence-electron chi connectivity index (χ4n) is 2.54. The molecule has 0 aliphatic carbocycles. The van der Waals surface area contributed by atoms with E-state index in [-0.39, 0.29) is 0 Å². The summed E-state index contributed by atoms with van der Waals surface area (Å²) in [4.78, 5) is 0. The normalized spacial score (nSPS) is 11.5. The monoisotopic (exact) mass is 298 g/mol. The molecule has 0 bridgehead atoms. The van der Waals surface area contributed by atoms with Crippen LogP contribution in [0.1, 0.15) is 22.3 Å². The summed E-state index contributed by atoms with van der Waals surface area (Å²) in [7, 11) is -1.41. The molecule has 2 rings (SSSR count). The predicted octanol–water partition coefficient (Wildman–Crippen LogP) is 4.74. The number of hydrogen-bond donors (Lipinski definition) is 0. The van der Waals surface area contributed by atoms with Crippen molar-refractivity contribution in [1.82, 2.24) is 0 Å². The second kappa shape index (κ2) is 6.06. The van der Waals surface area contributed by atoms with Crippen molar-refractivity contribution in [2.24, 2.45) is 0 Å². The van der Waals surface area contributed by atoms with Gasteiger partial charge in [-0.05, 0) is 37.1 Å². The number of rotatable bonds is 4. The summed E-state index contributed by atoms with van der Waals surface area (Å²) in [6.07, 6.45) is 0. The average Bonchev–Trinajstić information content (AvgIpc) is 2.38. The Balaban J connectivity index is 2.29. The molecule has 2 heteroatoms. The van der Waals surface area contributed by atoms with Gasteiger partial charge in [0, 0.05) is 0 Å². The lowest BCUT2D eigenvalue weighted by atomic mass is 10.1. The Kier molecular flexibility index (Phi) is 4.57. The van der Waals surface area contributed by atoms with Gasteiger partial charge in [0.2, 0.25) is 0 Å². The van der Waals surface area contributed by atoms with Gasteiger partial charge in [0.25, 0.3) is 0 Å². The lowest BCUT2D eigenvalue weighted by molar-refractivity contribution is 0.306. The van der Waals surface area contributed by atoms with Crippen molar-refractivity contribution < 1.29 is 4.74 Å². The van der Waals surface area contributed by atoms with Crippen LogP contribution in [-0.2, 0) is 6.61 Å². The van der Waals surface area contributed by atoms with Crippen molar-refractivity contribution in [2.75, 3.05) is 0 Å². The first kappa shape index (κ1) is 15.8. The highest BCUT2D eigenvalue weighted by Gasteiger charge is 2.23. The Bertz CT molecular complexity index is 621. The van der Waals surface area contributed by atoms with Crippen molar-refractivity contribution >= 4 is 13.3 Å². The highest BCUT2D eigenvalue weighted by Crippen LogP contribution is 2.22. The summed E-state index contributed by atoms with van der Waals surface area (Å²) in [5.74, 6) is 1.10. The quantitative estimate of drug-likeness (QED) is 0.741. The molecule has 0 aromatic heterocycles. The molecule has 0 saturated heterocycles. The highest BCUT2D eigenvalue weighted by molar-refractivity contribution is 6.89. The van der Waals surface area contributed by atoms with Crippen LogP contribution < -0.4 is 9.92 Å². The van der Waals surface area contributed by atoms with E-state index in [2.05, 4.69) is 76.8 Å². The molecule has 0 saturated carbocycles. The van der Waals surface area contributed by atoms with E-state index in [1.165, 1.54) is 27.4 Å². The maximum Gasteiger partial charge on any atom is 0.121 e. The van der Waals surface area contributed by atoms with Crippen LogP contribution in [0.3, 0.4) is 0 Å². The Labute approximate surface area is 130 Å². The van der Waals surface area contributed by atoms with Gasteiger partial charge in [0.15, 0.2) is 0 Å². The van der Waals surface area contributed by atoms with Gasteiger partial charge in [-0.3, -0.25) is 0 Å². The van der Waals surface area contributed by atoms with Gasteiger partial charge in [-0.15, -0.1) is 0 Å². The van der Waals surface area contributed by atoms with E-state index in [0.717, 1.165) is 5.75 Å². The van der Waals surface area contributed by atoms with Crippen molar-refractivity contribution in [3.8, 4) is 5.75 Å². The fourth-order valence-corrected chi connectivity index (χ4v) is 4.15. The van der Waals surface area contributed by atoms with Crippen molar-refractivity contribution in [3.05, 3.63) is 58.7 Å². The third kappa shape index (κ3) is 3.98. The highest BCUT2D eigenvalue weighted by atomic mass is 28.3. The van der Waals surface area contributed by atoms with Crippen LogP contribution >= 0.6 is 0 Å². The molecule has 21 heavy (non-hydrogen) atoms. The summed E-state index contributed by atoms with van der Waals surface area (Å²) >= 11 is 0. The van der Waals surface area contributed by atoms with Crippen LogP contribution in [-0.4, -0.2) is 8.07 Å². The van der Waals surface area contributed by atoms with Crippen LogP contribution in [0.4, 0.5) is 0 Å². The maximum atomic E-state index is 6.21. The topological polar surface area (TPSA) is 9.23 Å². The summed E-state index contributed by atoms with van der Waals surface area (Å²) < 4.78 is 6.21. The van der Waals surface area contributed by atoms with E-state index in [9.17, 15) is 0 Å². The van der Waals surface area contributed by atoms with Crippen molar-refractivity contribution in [3.63, 3.8) is 0 Å². The third-order valence-electron chi connectivity index (χ3n) is 3.73.